The molecule has 0 aliphatic carbocycles. The molecule has 0 saturated carbocycles. The summed E-state index contributed by atoms with van der Waals surface area (Å²) in [7, 11) is 0. The Hall–Kier alpha value is -1.63. The van der Waals surface area contributed by atoms with Crippen LogP contribution in [0.25, 0.3) is 0 Å². The molecule has 1 aromatic rings. The van der Waals surface area contributed by atoms with Gasteiger partial charge in [-0.3, -0.25) is 0 Å². The van der Waals surface area contributed by atoms with Gasteiger partial charge in [-0.15, -0.1) is 0 Å². The molecule has 1 aliphatic rings. The molecule has 0 bridgehead atoms. The van der Waals surface area contributed by atoms with Gasteiger partial charge in [0.1, 0.15) is 5.71 Å². The van der Waals surface area contributed by atoms with Gasteiger partial charge < -0.3 is 9.94 Å². The number of halogens is 4. The van der Waals surface area contributed by atoms with Crippen LogP contribution in [0.5, 0.6) is 0 Å². The van der Waals surface area contributed by atoms with Crippen molar-refractivity contribution >= 4 is 5.71 Å². The van der Waals surface area contributed by atoms with E-state index in [2.05, 4.69) is 9.99 Å². The summed E-state index contributed by atoms with van der Waals surface area (Å²) in [5.74, 6) is -6.52. The molecule has 1 aromatic carbocycles. The van der Waals surface area contributed by atoms with E-state index < -0.39 is 30.3 Å². The third-order valence-corrected chi connectivity index (χ3v) is 2.60. The fourth-order valence-electron chi connectivity index (χ4n) is 1.58. The molecule has 18 heavy (non-hydrogen) atoms. The van der Waals surface area contributed by atoms with Crippen molar-refractivity contribution in [2.45, 2.75) is 24.6 Å². The largest absolute Gasteiger partial charge is 0.355 e. The molecule has 0 saturated heterocycles. The van der Waals surface area contributed by atoms with Crippen LogP contribution in [-0.4, -0.2) is 23.2 Å². The van der Waals surface area contributed by atoms with Gasteiger partial charge in [-0.25, -0.2) is 8.78 Å². The third-order valence-electron chi connectivity index (χ3n) is 2.60. The van der Waals surface area contributed by atoms with E-state index in [-0.39, 0.29) is 5.56 Å². The second kappa shape index (κ2) is 4.24. The van der Waals surface area contributed by atoms with Crippen molar-refractivity contribution in [3.05, 3.63) is 35.9 Å². The Morgan fingerprint density at radius 1 is 1.28 bits per heavy atom. The maximum Gasteiger partial charge on any atom is 0.348 e. The van der Waals surface area contributed by atoms with E-state index in [1.165, 1.54) is 12.1 Å². The zero-order valence-electron chi connectivity index (χ0n) is 8.99. The Morgan fingerprint density at radius 2 is 1.89 bits per heavy atom. The number of nitrogens with zero attached hydrogens (tertiary/aromatic N) is 1. The zero-order chi connectivity index (χ0) is 13.4. The molecule has 0 spiro atoms. The molecule has 3 nitrogen and oxygen atoms in total. The van der Waals surface area contributed by atoms with Gasteiger partial charge in [0.2, 0.25) is 0 Å². The van der Waals surface area contributed by atoms with E-state index in [9.17, 15) is 22.7 Å². The van der Waals surface area contributed by atoms with Crippen LogP contribution in [0.15, 0.2) is 35.5 Å². The molecular formula is C11H9F4NO2. The lowest BCUT2D eigenvalue weighted by Crippen LogP contribution is -2.38. The van der Waals surface area contributed by atoms with Crippen LogP contribution in [-0.2, 0) is 10.6 Å². The summed E-state index contributed by atoms with van der Waals surface area (Å²) in [6, 6.07) is 7.62. The van der Waals surface area contributed by atoms with Crippen molar-refractivity contribution in [1.29, 1.82) is 0 Å². The quantitative estimate of drug-likeness (QED) is 0.851. The van der Waals surface area contributed by atoms with E-state index in [0.717, 1.165) is 0 Å². The lowest BCUT2D eigenvalue weighted by Gasteiger charge is -2.20. The van der Waals surface area contributed by atoms with Gasteiger partial charge in [-0.2, -0.15) is 8.78 Å². The van der Waals surface area contributed by atoms with Crippen molar-refractivity contribution < 1.29 is 27.5 Å². The summed E-state index contributed by atoms with van der Waals surface area (Å²) in [5, 5.41) is 12.9. The van der Waals surface area contributed by atoms with Crippen molar-refractivity contribution in [1.82, 2.24) is 0 Å². The lowest BCUT2D eigenvalue weighted by atomic mass is 9.98. The van der Waals surface area contributed by atoms with Gasteiger partial charge in [0.15, 0.2) is 0 Å². The van der Waals surface area contributed by atoms with E-state index in [1.54, 1.807) is 18.2 Å². The second-order valence-corrected chi connectivity index (χ2v) is 3.88. The molecule has 1 heterocycles. The summed E-state index contributed by atoms with van der Waals surface area (Å²) >= 11 is 0. The minimum Gasteiger partial charge on any atom is -0.355 e. The van der Waals surface area contributed by atoms with Gasteiger partial charge in [-0.05, 0) is 0 Å². The minimum atomic E-state index is -4.40. The zero-order valence-corrected chi connectivity index (χ0v) is 8.99. The highest BCUT2D eigenvalue weighted by Gasteiger charge is 2.53. The number of aliphatic hydroxyl groups is 1. The monoisotopic (exact) mass is 263 g/mol. The van der Waals surface area contributed by atoms with Gasteiger partial charge in [0, 0.05) is 5.56 Å². The summed E-state index contributed by atoms with van der Waals surface area (Å²) in [6.45, 7) is 0. The highest BCUT2D eigenvalue weighted by Crippen LogP contribution is 2.38. The normalized spacial score (nSPS) is 24.0. The smallest absolute Gasteiger partial charge is 0.348 e. The number of hydrogen-bond acceptors (Lipinski definition) is 3. The molecule has 0 fully saturated rings. The molecule has 0 amide bonds. The van der Waals surface area contributed by atoms with E-state index in [1.807, 2.05) is 0 Å². The Balaban J connectivity index is 2.21. The molecule has 0 aromatic heterocycles. The standard InChI is InChI=1S/C11H9F4NO2/c12-9(13)11(14,15)8-6-10(17,18-16-8)7-4-2-1-3-5-7/h1-5,9,17H,6H2. The highest BCUT2D eigenvalue weighted by atomic mass is 19.3. The summed E-state index contributed by atoms with van der Waals surface area (Å²) in [6.07, 6.45) is -4.69. The Labute approximate surface area is 99.7 Å². The lowest BCUT2D eigenvalue weighted by molar-refractivity contribution is -0.193. The van der Waals surface area contributed by atoms with Gasteiger partial charge in [0.05, 0.1) is 6.42 Å². The number of benzene rings is 1. The average Bonchev–Trinajstić information content (AvgIpc) is 2.75. The van der Waals surface area contributed by atoms with E-state index >= 15 is 0 Å². The van der Waals surface area contributed by atoms with Crippen molar-refractivity contribution in [2.75, 3.05) is 0 Å². The SMILES string of the molecule is OC1(c2ccccc2)CC(C(F)(F)C(F)F)=NO1. The second-order valence-electron chi connectivity index (χ2n) is 3.88. The van der Waals surface area contributed by atoms with Crippen LogP contribution in [0.4, 0.5) is 17.6 Å². The Morgan fingerprint density at radius 3 is 2.44 bits per heavy atom. The predicted molar refractivity (Wildman–Crippen MR) is 54.4 cm³/mol. The molecule has 0 radical (unpaired) electrons. The van der Waals surface area contributed by atoms with Crippen molar-refractivity contribution in [3.8, 4) is 0 Å². The summed E-state index contributed by atoms with van der Waals surface area (Å²) < 4.78 is 50.4. The molecular weight excluding hydrogens is 254 g/mol. The summed E-state index contributed by atoms with van der Waals surface area (Å²) in [4.78, 5) is 4.51. The first-order chi connectivity index (χ1) is 8.36. The fraction of sp³-hybridized carbons (Fsp3) is 0.364. The van der Waals surface area contributed by atoms with Crippen LogP contribution < -0.4 is 0 Å². The van der Waals surface area contributed by atoms with Gasteiger partial charge in [0.25, 0.3) is 5.79 Å². The van der Waals surface area contributed by atoms with Crippen molar-refractivity contribution in [2.24, 2.45) is 5.16 Å². The maximum absolute atomic E-state index is 13.0. The first kappa shape index (κ1) is 12.8. The Bertz CT molecular complexity index is 463. The van der Waals surface area contributed by atoms with E-state index in [4.69, 9.17) is 0 Å². The molecule has 98 valence electrons. The first-order valence-corrected chi connectivity index (χ1v) is 5.05. The first-order valence-electron chi connectivity index (χ1n) is 5.05. The van der Waals surface area contributed by atoms with Crippen LogP contribution in [0.1, 0.15) is 12.0 Å². The number of hydrogen-bond donors (Lipinski definition) is 1. The molecule has 1 unspecified atom stereocenters. The third kappa shape index (κ3) is 2.05. The Kier molecular flexibility index (Phi) is 3.02. The maximum atomic E-state index is 13.0. The summed E-state index contributed by atoms with van der Waals surface area (Å²) in [5.41, 5.74) is -0.988. The minimum absolute atomic E-state index is 0.175. The molecule has 2 rings (SSSR count). The number of rotatable bonds is 3. The highest BCUT2D eigenvalue weighted by molar-refractivity contribution is 5.92. The average molecular weight is 263 g/mol. The number of oxime groups is 1. The van der Waals surface area contributed by atoms with E-state index in [0.29, 0.717) is 0 Å². The molecule has 1 N–H and O–H groups in total. The molecule has 7 heteroatoms. The number of alkyl halides is 4. The van der Waals surface area contributed by atoms with Crippen LogP contribution in [0.2, 0.25) is 0 Å². The van der Waals surface area contributed by atoms with Crippen molar-refractivity contribution in [3.63, 3.8) is 0 Å². The van der Waals surface area contributed by atoms with Gasteiger partial charge in [-0.1, -0.05) is 35.5 Å². The molecule has 1 aliphatic heterocycles. The van der Waals surface area contributed by atoms with Crippen LogP contribution >= 0.6 is 0 Å². The molecule has 1 atom stereocenters. The predicted octanol–water partition coefficient (Wildman–Crippen LogP) is 2.51. The van der Waals surface area contributed by atoms with Crippen LogP contribution in [0.3, 0.4) is 0 Å². The van der Waals surface area contributed by atoms with Gasteiger partial charge >= 0.3 is 12.3 Å². The van der Waals surface area contributed by atoms with Crippen LogP contribution in [0, 0.1) is 0 Å². The topological polar surface area (TPSA) is 41.8 Å². The fourth-order valence-corrected chi connectivity index (χ4v) is 1.58.